The highest BCUT2D eigenvalue weighted by Crippen LogP contribution is 2.29. The molecule has 1 aliphatic rings. The van der Waals surface area contributed by atoms with Crippen LogP contribution in [-0.2, 0) is 6.54 Å². The van der Waals surface area contributed by atoms with Crippen LogP contribution in [0.2, 0.25) is 5.02 Å². The lowest BCUT2D eigenvalue weighted by molar-refractivity contribution is 0.137. The maximum atomic E-state index is 13.2. The number of nitrogens with one attached hydrogen (secondary N) is 1. The van der Waals surface area contributed by atoms with Gasteiger partial charge in [-0.3, -0.25) is 0 Å². The molecule has 0 unspecified atom stereocenters. The molecule has 0 amide bonds. The van der Waals surface area contributed by atoms with Gasteiger partial charge in [-0.2, -0.15) is 0 Å². The fraction of sp³-hybridized carbons (Fsp3) is 0.600. The van der Waals surface area contributed by atoms with E-state index in [1.807, 2.05) is 6.07 Å². The van der Waals surface area contributed by atoms with E-state index >= 15 is 0 Å². The zero-order valence-electron chi connectivity index (χ0n) is 11.7. The van der Waals surface area contributed by atoms with Crippen molar-refractivity contribution in [3.8, 4) is 0 Å². The summed E-state index contributed by atoms with van der Waals surface area (Å²) in [6.07, 6.45) is 2.42. The summed E-state index contributed by atoms with van der Waals surface area (Å²) in [4.78, 5) is 2.37. The molecule has 2 nitrogen and oxygen atoms in total. The van der Waals surface area contributed by atoms with Crippen molar-refractivity contribution < 1.29 is 4.39 Å². The van der Waals surface area contributed by atoms with E-state index in [0.29, 0.717) is 17.0 Å². The lowest BCUT2D eigenvalue weighted by Gasteiger charge is -2.38. The summed E-state index contributed by atoms with van der Waals surface area (Å²) in [5.74, 6) is -0.269. The van der Waals surface area contributed by atoms with Crippen LogP contribution in [0.3, 0.4) is 0 Å². The molecule has 4 heteroatoms. The second kappa shape index (κ2) is 6.21. The van der Waals surface area contributed by atoms with E-state index in [-0.39, 0.29) is 5.82 Å². The summed E-state index contributed by atoms with van der Waals surface area (Å²) in [7, 11) is 2.17. The number of piperidine rings is 1. The number of likely N-dealkylation sites (tertiary alicyclic amines) is 1. The Morgan fingerprint density at radius 2 is 2.00 bits per heavy atom. The molecule has 0 atom stereocenters. The van der Waals surface area contributed by atoms with E-state index in [0.717, 1.165) is 25.2 Å². The van der Waals surface area contributed by atoms with Crippen molar-refractivity contribution in [1.82, 2.24) is 10.2 Å². The lowest BCUT2D eigenvalue weighted by Crippen LogP contribution is -2.41. The Bertz CT molecular complexity index is 408. The molecule has 1 aromatic rings. The minimum Gasteiger partial charge on any atom is -0.312 e. The second-order valence-electron chi connectivity index (χ2n) is 6.00. The molecule has 1 heterocycles. The number of hydrogen-bond acceptors (Lipinski definition) is 2. The van der Waals surface area contributed by atoms with Crippen molar-refractivity contribution in [2.45, 2.75) is 26.3 Å². The first-order chi connectivity index (χ1) is 8.97. The monoisotopic (exact) mass is 284 g/mol. The second-order valence-corrected chi connectivity index (χ2v) is 6.43. The molecule has 1 fully saturated rings. The van der Waals surface area contributed by atoms with Gasteiger partial charge in [-0.25, -0.2) is 4.39 Å². The van der Waals surface area contributed by atoms with Crippen LogP contribution in [0.1, 0.15) is 25.3 Å². The average molecular weight is 285 g/mol. The Morgan fingerprint density at radius 3 is 2.63 bits per heavy atom. The molecule has 0 bridgehead atoms. The first-order valence-electron chi connectivity index (χ1n) is 6.81. The van der Waals surface area contributed by atoms with Gasteiger partial charge < -0.3 is 10.2 Å². The highest BCUT2D eigenvalue weighted by Gasteiger charge is 2.28. The van der Waals surface area contributed by atoms with Crippen molar-refractivity contribution in [3.05, 3.63) is 34.6 Å². The Kier molecular flexibility index (Phi) is 4.82. The van der Waals surface area contributed by atoms with E-state index in [1.54, 1.807) is 0 Å². The highest BCUT2D eigenvalue weighted by molar-refractivity contribution is 6.30. The predicted molar refractivity (Wildman–Crippen MR) is 78.0 cm³/mol. The van der Waals surface area contributed by atoms with Gasteiger partial charge in [0.2, 0.25) is 0 Å². The third-order valence-corrected chi connectivity index (χ3v) is 4.22. The number of nitrogens with zero attached hydrogens (tertiary/aromatic N) is 1. The molecule has 0 aromatic heterocycles. The van der Waals surface area contributed by atoms with Crippen molar-refractivity contribution in [3.63, 3.8) is 0 Å². The van der Waals surface area contributed by atoms with E-state index in [2.05, 4.69) is 24.2 Å². The number of rotatable bonds is 4. The lowest BCUT2D eigenvalue weighted by atomic mass is 9.80. The Morgan fingerprint density at radius 1 is 1.32 bits per heavy atom. The molecule has 0 aliphatic carbocycles. The van der Waals surface area contributed by atoms with E-state index in [1.165, 1.54) is 25.0 Å². The molecule has 0 radical (unpaired) electrons. The molecular formula is C15H22ClFN2. The summed E-state index contributed by atoms with van der Waals surface area (Å²) in [5.41, 5.74) is 1.26. The zero-order chi connectivity index (χ0) is 13.9. The third-order valence-electron chi connectivity index (χ3n) is 4.00. The molecule has 1 saturated heterocycles. The Labute approximate surface area is 119 Å². The minimum absolute atomic E-state index is 0.269. The zero-order valence-corrected chi connectivity index (χ0v) is 12.4. The van der Waals surface area contributed by atoms with Crippen LogP contribution in [0, 0.1) is 11.2 Å². The summed E-state index contributed by atoms with van der Waals surface area (Å²) in [6.45, 7) is 6.28. The van der Waals surface area contributed by atoms with Crippen LogP contribution in [0.25, 0.3) is 0 Å². The van der Waals surface area contributed by atoms with E-state index in [4.69, 9.17) is 11.6 Å². The summed E-state index contributed by atoms with van der Waals surface area (Å²) in [6, 6.07) is 4.69. The SMILES string of the molecule is CN1CCC(C)(CNCc2cc(F)cc(Cl)c2)CC1. The Hall–Kier alpha value is -0.640. The molecule has 1 aliphatic heterocycles. The minimum atomic E-state index is -0.269. The van der Waals surface area contributed by atoms with Gasteiger partial charge in [0.1, 0.15) is 5.82 Å². The van der Waals surface area contributed by atoms with Gasteiger partial charge >= 0.3 is 0 Å². The number of halogens is 2. The predicted octanol–water partition coefficient (Wildman–Crippen LogP) is 3.30. The van der Waals surface area contributed by atoms with Gasteiger partial charge in [-0.05, 0) is 62.2 Å². The number of hydrogen-bond donors (Lipinski definition) is 1. The van der Waals surface area contributed by atoms with Gasteiger partial charge in [0.05, 0.1) is 0 Å². The smallest absolute Gasteiger partial charge is 0.125 e. The molecule has 19 heavy (non-hydrogen) atoms. The largest absolute Gasteiger partial charge is 0.312 e. The topological polar surface area (TPSA) is 15.3 Å². The highest BCUT2D eigenvalue weighted by atomic mass is 35.5. The first kappa shape index (κ1) is 14.8. The van der Waals surface area contributed by atoms with Gasteiger partial charge in [0.15, 0.2) is 0 Å². The van der Waals surface area contributed by atoms with Gasteiger partial charge in [-0.1, -0.05) is 18.5 Å². The first-order valence-corrected chi connectivity index (χ1v) is 7.19. The van der Waals surface area contributed by atoms with E-state index < -0.39 is 0 Å². The fourth-order valence-electron chi connectivity index (χ4n) is 2.56. The van der Waals surface area contributed by atoms with Gasteiger partial charge in [-0.15, -0.1) is 0 Å². The maximum absolute atomic E-state index is 13.2. The standard InChI is InChI=1S/C15H22ClFN2/c1-15(3-5-19(2)6-4-15)11-18-10-12-7-13(16)9-14(17)8-12/h7-9,18H,3-6,10-11H2,1-2H3. The number of benzene rings is 1. The molecule has 0 saturated carbocycles. The van der Waals surface area contributed by atoms with Crippen LogP contribution in [0.15, 0.2) is 18.2 Å². The summed E-state index contributed by atoms with van der Waals surface area (Å²) >= 11 is 5.85. The van der Waals surface area contributed by atoms with Gasteiger partial charge in [0.25, 0.3) is 0 Å². The van der Waals surface area contributed by atoms with Crippen LogP contribution in [0.4, 0.5) is 4.39 Å². The average Bonchev–Trinajstić information content (AvgIpc) is 2.32. The summed E-state index contributed by atoms with van der Waals surface area (Å²) in [5, 5.41) is 3.90. The van der Waals surface area contributed by atoms with Crippen LogP contribution in [-0.4, -0.2) is 31.6 Å². The molecule has 1 N–H and O–H groups in total. The van der Waals surface area contributed by atoms with Gasteiger partial charge in [0, 0.05) is 18.1 Å². The Balaban J connectivity index is 1.83. The maximum Gasteiger partial charge on any atom is 0.125 e. The quantitative estimate of drug-likeness (QED) is 0.913. The molecule has 106 valence electrons. The molecular weight excluding hydrogens is 263 g/mol. The van der Waals surface area contributed by atoms with Crippen LogP contribution < -0.4 is 5.32 Å². The van der Waals surface area contributed by atoms with Crippen molar-refractivity contribution in [2.75, 3.05) is 26.7 Å². The van der Waals surface area contributed by atoms with Crippen LogP contribution in [0.5, 0.6) is 0 Å². The molecule has 1 aromatic carbocycles. The van der Waals surface area contributed by atoms with Crippen molar-refractivity contribution >= 4 is 11.6 Å². The summed E-state index contributed by atoms with van der Waals surface area (Å²) < 4.78 is 13.2. The molecule has 2 rings (SSSR count). The third kappa shape index (κ3) is 4.44. The molecule has 0 spiro atoms. The van der Waals surface area contributed by atoms with Crippen LogP contribution >= 0.6 is 11.6 Å². The van der Waals surface area contributed by atoms with Crippen molar-refractivity contribution in [2.24, 2.45) is 5.41 Å². The fourth-order valence-corrected chi connectivity index (χ4v) is 2.80. The van der Waals surface area contributed by atoms with Crippen molar-refractivity contribution in [1.29, 1.82) is 0 Å². The normalized spacial score (nSPS) is 19.6. The van der Waals surface area contributed by atoms with E-state index in [9.17, 15) is 4.39 Å².